The summed E-state index contributed by atoms with van der Waals surface area (Å²) in [5.41, 5.74) is 1.97. The Balaban J connectivity index is 1.42. The van der Waals surface area contributed by atoms with Crippen LogP contribution in [0.15, 0.2) is 58.2 Å². The summed E-state index contributed by atoms with van der Waals surface area (Å²) in [5, 5.41) is 3.01. The lowest BCUT2D eigenvalue weighted by molar-refractivity contribution is -0.144. The predicted octanol–water partition coefficient (Wildman–Crippen LogP) is 3.11. The lowest BCUT2D eigenvalue weighted by Crippen LogP contribution is -2.21. The topological polar surface area (TPSA) is 90.7 Å². The number of methoxy groups -OCH3 is 1. The van der Waals surface area contributed by atoms with Crippen molar-refractivity contribution in [1.29, 1.82) is 0 Å². The molecule has 0 saturated heterocycles. The molecule has 0 spiro atoms. The Kier molecular flexibility index (Phi) is 5.75. The van der Waals surface area contributed by atoms with Gasteiger partial charge in [0.15, 0.2) is 12.2 Å². The molecule has 1 heterocycles. The number of fused-ring (bicyclic) bond motifs is 1. The molecule has 0 saturated carbocycles. The van der Waals surface area contributed by atoms with E-state index in [1.54, 1.807) is 37.4 Å². The van der Waals surface area contributed by atoms with Crippen LogP contribution in [0.25, 0.3) is 11.1 Å². The summed E-state index contributed by atoms with van der Waals surface area (Å²) in [6.45, 7) is -0.362. The predicted molar refractivity (Wildman–Crippen MR) is 97.3 cm³/mol. The van der Waals surface area contributed by atoms with Crippen molar-refractivity contribution in [3.63, 3.8) is 0 Å². The molecule has 0 aliphatic heterocycles. The number of aromatic nitrogens is 1. The maximum Gasteiger partial charge on any atom is 0.316 e. The second kappa shape index (κ2) is 8.39. The number of amides is 1. The molecule has 7 nitrogen and oxygen atoms in total. The van der Waals surface area contributed by atoms with Crippen LogP contribution in [0.1, 0.15) is 0 Å². The number of benzene rings is 2. The number of thioether (sulfide) groups is 1. The Labute approximate surface area is 153 Å². The minimum absolute atomic E-state index is 0.00262. The van der Waals surface area contributed by atoms with Crippen LogP contribution in [0.2, 0.25) is 0 Å². The number of rotatable bonds is 7. The van der Waals surface area contributed by atoms with Crippen molar-refractivity contribution in [2.75, 3.05) is 24.8 Å². The van der Waals surface area contributed by atoms with E-state index in [0.717, 1.165) is 17.3 Å². The highest BCUT2D eigenvalue weighted by molar-refractivity contribution is 7.99. The molecule has 1 N–H and O–H groups in total. The van der Waals surface area contributed by atoms with Crippen LogP contribution < -0.4 is 10.1 Å². The fourth-order valence-corrected chi connectivity index (χ4v) is 2.73. The molecule has 0 fully saturated rings. The maximum atomic E-state index is 11.8. The molecule has 0 atom stereocenters. The number of hydrogen-bond donors (Lipinski definition) is 1. The number of hydrogen-bond acceptors (Lipinski definition) is 7. The number of carbonyl (C=O) groups is 2. The van der Waals surface area contributed by atoms with E-state index in [-0.39, 0.29) is 12.4 Å². The average Bonchev–Trinajstić information content (AvgIpc) is 3.08. The van der Waals surface area contributed by atoms with E-state index in [1.165, 1.54) is 0 Å². The van der Waals surface area contributed by atoms with Crippen molar-refractivity contribution in [2.24, 2.45) is 0 Å². The molecule has 1 aromatic heterocycles. The number of anilines is 1. The summed E-state index contributed by atoms with van der Waals surface area (Å²) >= 11 is 1.12. The normalized spacial score (nSPS) is 10.5. The molecule has 0 unspecified atom stereocenters. The van der Waals surface area contributed by atoms with Gasteiger partial charge in [0, 0.05) is 5.69 Å². The Morgan fingerprint density at radius 3 is 2.65 bits per heavy atom. The third-order valence-corrected chi connectivity index (χ3v) is 4.13. The van der Waals surface area contributed by atoms with E-state index in [4.69, 9.17) is 13.9 Å². The van der Waals surface area contributed by atoms with Crippen molar-refractivity contribution in [3.8, 4) is 5.75 Å². The van der Waals surface area contributed by atoms with Crippen LogP contribution >= 0.6 is 11.8 Å². The number of nitrogens with one attached hydrogen (secondary N) is 1. The molecule has 2 aromatic carbocycles. The minimum Gasteiger partial charge on any atom is -0.497 e. The molecule has 0 radical (unpaired) electrons. The number of ether oxygens (including phenoxy) is 2. The highest BCUT2D eigenvalue weighted by Crippen LogP contribution is 2.23. The molecule has 1 amide bonds. The second-order valence-corrected chi connectivity index (χ2v) is 6.10. The number of carbonyl (C=O) groups excluding carboxylic acids is 2. The number of oxazole rings is 1. The molecular weight excluding hydrogens is 356 g/mol. The van der Waals surface area contributed by atoms with E-state index in [1.807, 2.05) is 18.2 Å². The average molecular weight is 372 g/mol. The highest BCUT2D eigenvalue weighted by atomic mass is 32.2. The van der Waals surface area contributed by atoms with E-state index in [9.17, 15) is 9.59 Å². The molecule has 3 rings (SSSR count). The van der Waals surface area contributed by atoms with Gasteiger partial charge in [0.1, 0.15) is 17.0 Å². The molecule has 0 aliphatic carbocycles. The van der Waals surface area contributed by atoms with Gasteiger partial charge in [-0.05, 0) is 36.4 Å². The number of nitrogens with zero attached hydrogens (tertiary/aromatic N) is 1. The number of para-hydroxylation sites is 2. The lowest BCUT2D eigenvalue weighted by Gasteiger charge is -2.07. The molecule has 3 aromatic rings. The van der Waals surface area contributed by atoms with Gasteiger partial charge in [0.05, 0.1) is 7.11 Å². The van der Waals surface area contributed by atoms with Crippen LogP contribution in [0.5, 0.6) is 5.75 Å². The Morgan fingerprint density at radius 1 is 1.15 bits per heavy atom. The monoisotopic (exact) mass is 372 g/mol. The second-order valence-electron chi connectivity index (χ2n) is 5.17. The molecule has 26 heavy (non-hydrogen) atoms. The Bertz CT molecular complexity index is 874. The molecule has 8 heteroatoms. The summed E-state index contributed by atoms with van der Waals surface area (Å²) < 4.78 is 15.5. The zero-order valence-electron chi connectivity index (χ0n) is 13.9. The van der Waals surface area contributed by atoms with Crippen molar-refractivity contribution in [1.82, 2.24) is 4.98 Å². The molecule has 134 valence electrons. The smallest absolute Gasteiger partial charge is 0.316 e. The minimum atomic E-state index is -0.526. The molecule has 0 bridgehead atoms. The van der Waals surface area contributed by atoms with Gasteiger partial charge in [-0.3, -0.25) is 9.59 Å². The number of esters is 1. The van der Waals surface area contributed by atoms with E-state index < -0.39 is 11.9 Å². The van der Waals surface area contributed by atoms with E-state index in [0.29, 0.717) is 22.2 Å². The largest absolute Gasteiger partial charge is 0.497 e. The van der Waals surface area contributed by atoms with Crippen molar-refractivity contribution in [3.05, 3.63) is 48.5 Å². The van der Waals surface area contributed by atoms with Crippen LogP contribution in [-0.2, 0) is 14.3 Å². The highest BCUT2D eigenvalue weighted by Gasteiger charge is 2.12. The van der Waals surface area contributed by atoms with Crippen LogP contribution in [0.3, 0.4) is 0 Å². The fourth-order valence-electron chi connectivity index (χ4n) is 2.09. The van der Waals surface area contributed by atoms with Gasteiger partial charge in [-0.1, -0.05) is 23.9 Å². The standard InChI is InChI=1S/C18H16N2O5S/c1-23-13-8-6-12(7-9-13)19-16(21)10-24-17(22)11-26-18-20-14-4-2-3-5-15(14)25-18/h2-9H,10-11H2,1H3,(H,19,21). The van der Waals surface area contributed by atoms with Crippen LogP contribution in [-0.4, -0.2) is 36.3 Å². The van der Waals surface area contributed by atoms with Crippen LogP contribution in [0, 0.1) is 0 Å². The van der Waals surface area contributed by atoms with Gasteiger partial charge in [0.25, 0.3) is 11.1 Å². The summed E-state index contributed by atoms with van der Waals surface area (Å²) in [5.74, 6) is -0.258. The van der Waals surface area contributed by atoms with Gasteiger partial charge in [-0.25, -0.2) is 4.98 Å². The SMILES string of the molecule is COc1ccc(NC(=O)COC(=O)CSc2nc3ccccc3o2)cc1. The van der Waals surface area contributed by atoms with Crippen LogP contribution in [0.4, 0.5) is 5.69 Å². The van der Waals surface area contributed by atoms with E-state index in [2.05, 4.69) is 10.3 Å². The summed E-state index contributed by atoms with van der Waals surface area (Å²) in [6, 6.07) is 14.2. The first-order valence-electron chi connectivity index (χ1n) is 7.72. The van der Waals surface area contributed by atoms with Gasteiger partial charge >= 0.3 is 5.97 Å². The Morgan fingerprint density at radius 2 is 1.92 bits per heavy atom. The zero-order valence-corrected chi connectivity index (χ0v) is 14.7. The first-order valence-corrected chi connectivity index (χ1v) is 8.70. The van der Waals surface area contributed by atoms with Crippen molar-refractivity contribution in [2.45, 2.75) is 5.22 Å². The zero-order chi connectivity index (χ0) is 18.4. The molecular formula is C18H16N2O5S. The quantitative estimate of drug-likeness (QED) is 0.503. The third-order valence-electron chi connectivity index (χ3n) is 3.33. The summed E-state index contributed by atoms with van der Waals surface area (Å²) in [6.07, 6.45) is 0. The third kappa shape index (κ3) is 4.76. The summed E-state index contributed by atoms with van der Waals surface area (Å²) in [7, 11) is 1.56. The summed E-state index contributed by atoms with van der Waals surface area (Å²) in [4.78, 5) is 27.8. The van der Waals surface area contributed by atoms with E-state index >= 15 is 0 Å². The van der Waals surface area contributed by atoms with Gasteiger partial charge in [-0.2, -0.15) is 0 Å². The van der Waals surface area contributed by atoms with Gasteiger partial charge < -0.3 is 19.2 Å². The van der Waals surface area contributed by atoms with Gasteiger partial charge in [-0.15, -0.1) is 0 Å². The first kappa shape index (κ1) is 17.8. The van der Waals surface area contributed by atoms with Crippen molar-refractivity contribution < 1.29 is 23.5 Å². The van der Waals surface area contributed by atoms with Crippen molar-refractivity contribution >= 4 is 40.4 Å². The maximum absolute atomic E-state index is 11.8. The lowest BCUT2D eigenvalue weighted by atomic mass is 10.3. The first-order chi connectivity index (χ1) is 12.6. The fraction of sp³-hybridized carbons (Fsp3) is 0.167. The molecule has 0 aliphatic rings. The van der Waals surface area contributed by atoms with Gasteiger partial charge in [0.2, 0.25) is 0 Å². The Hall–Kier alpha value is -3.00.